The lowest BCUT2D eigenvalue weighted by molar-refractivity contribution is 0.928. The third-order valence-corrected chi connectivity index (χ3v) is 8.53. The van der Waals surface area contributed by atoms with Crippen LogP contribution in [0.4, 0.5) is 0 Å². The van der Waals surface area contributed by atoms with Crippen LogP contribution in [0.3, 0.4) is 0 Å². The molecule has 0 aromatic heterocycles. The van der Waals surface area contributed by atoms with Gasteiger partial charge in [-0.25, -0.2) is 0 Å². The van der Waals surface area contributed by atoms with Crippen LogP contribution in [0, 0.1) is 5.16 Å². The number of rotatable bonds is 6. The van der Waals surface area contributed by atoms with E-state index >= 15 is 0 Å². The molecule has 0 radical (unpaired) electrons. The van der Waals surface area contributed by atoms with Gasteiger partial charge < -0.3 is 5.16 Å². The first-order valence-electron chi connectivity index (χ1n) is 9.62. The Morgan fingerprint density at radius 1 is 0.500 bits per heavy atom. The average molecular weight is 381 g/mol. The van der Waals surface area contributed by atoms with Crippen LogP contribution in [-0.4, -0.2) is 6.16 Å². The van der Waals surface area contributed by atoms with Crippen LogP contribution in [0.2, 0.25) is 0 Å². The van der Waals surface area contributed by atoms with Crippen molar-refractivity contribution in [3.63, 3.8) is 0 Å². The summed E-state index contributed by atoms with van der Waals surface area (Å²) in [5, 5.41) is 12.0. The quantitative estimate of drug-likeness (QED) is 0.382. The normalized spacial score (nSPS) is 11.5. The Morgan fingerprint density at radius 2 is 0.821 bits per heavy atom. The highest BCUT2D eigenvalue weighted by Crippen LogP contribution is 2.49. The molecule has 4 aromatic carbocycles. The van der Waals surface area contributed by atoms with Gasteiger partial charge in [0.1, 0.15) is 0 Å². The first-order chi connectivity index (χ1) is 13.8. The predicted molar refractivity (Wildman–Crippen MR) is 121 cm³/mol. The van der Waals surface area contributed by atoms with Gasteiger partial charge in [-0.3, -0.25) is 0 Å². The molecule has 4 aromatic rings. The third-order valence-electron chi connectivity index (χ3n) is 5.25. The Bertz CT molecular complexity index is 962. The van der Waals surface area contributed by atoms with Crippen LogP contribution in [0.15, 0.2) is 121 Å². The molecule has 0 saturated carbocycles. The number of hydrogen-bond donors (Lipinski definition) is 1. The van der Waals surface area contributed by atoms with Gasteiger partial charge in [0.25, 0.3) is 0 Å². The molecule has 4 rings (SSSR count). The second-order valence-corrected chi connectivity index (χ2v) is 10.1. The summed E-state index contributed by atoms with van der Waals surface area (Å²) in [5.41, 5.74) is 2.55. The van der Waals surface area contributed by atoms with Gasteiger partial charge in [-0.1, -0.05) is 121 Å². The van der Waals surface area contributed by atoms with E-state index < -0.39 is 7.05 Å². The third kappa shape index (κ3) is 3.86. The van der Waals surface area contributed by atoms with Crippen LogP contribution in [-0.2, 0) is 0 Å². The van der Waals surface area contributed by atoms with E-state index in [9.17, 15) is 5.16 Å². The lowest BCUT2D eigenvalue weighted by Gasteiger charge is -2.29. The van der Waals surface area contributed by atoms with Gasteiger partial charge in [-0.05, 0) is 21.7 Å². The van der Waals surface area contributed by atoms with E-state index in [-0.39, 0.29) is 5.92 Å². The van der Waals surface area contributed by atoms with Crippen LogP contribution >= 0.6 is 7.05 Å². The van der Waals surface area contributed by atoms with Crippen molar-refractivity contribution in [3.8, 4) is 0 Å². The van der Waals surface area contributed by atoms with E-state index in [1.54, 1.807) is 0 Å². The molecule has 1 nitrogen and oxygen atoms in total. The zero-order valence-electron chi connectivity index (χ0n) is 15.8. The average Bonchev–Trinajstić information content (AvgIpc) is 2.80. The van der Waals surface area contributed by atoms with E-state index in [0.29, 0.717) is 0 Å². The van der Waals surface area contributed by atoms with Crippen LogP contribution in [0.5, 0.6) is 0 Å². The highest BCUT2D eigenvalue weighted by Gasteiger charge is 2.28. The summed E-state index contributed by atoms with van der Waals surface area (Å²) < 4.78 is 0. The molecule has 0 saturated heterocycles. The smallest absolute Gasteiger partial charge is 0.0247 e. The van der Waals surface area contributed by atoms with Gasteiger partial charge in [0.05, 0.1) is 0 Å². The SMILES string of the molecule is N=P(CC(c1ccccc1)c1ccccc1)(c1ccccc1)c1ccccc1. The largest absolute Gasteiger partial charge is 0.309 e. The van der Waals surface area contributed by atoms with E-state index in [4.69, 9.17) is 0 Å². The molecule has 0 bridgehead atoms. The maximum Gasteiger partial charge on any atom is 0.0247 e. The summed E-state index contributed by atoms with van der Waals surface area (Å²) in [6.07, 6.45) is 0.787. The summed E-state index contributed by atoms with van der Waals surface area (Å²) in [5.74, 6) is 0.189. The highest BCUT2D eigenvalue weighted by molar-refractivity contribution is 7.79. The second kappa shape index (κ2) is 8.42. The summed E-state index contributed by atoms with van der Waals surface area (Å²) in [6.45, 7) is 0. The molecule has 0 aliphatic carbocycles. The maximum atomic E-state index is 9.74. The topological polar surface area (TPSA) is 23.9 Å². The zero-order valence-corrected chi connectivity index (χ0v) is 16.7. The molecule has 0 unspecified atom stereocenters. The van der Waals surface area contributed by atoms with Crippen molar-refractivity contribution in [2.24, 2.45) is 0 Å². The number of hydrogen-bond acceptors (Lipinski definition) is 1. The second-order valence-electron chi connectivity index (χ2n) is 7.04. The van der Waals surface area contributed by atoms with Gasteiger partial charge >= 0.3 is 0 Å². The first-order valence-corrected chi connectivity index (χ1v) is 11.6. The molecule has 0 heterocycles. The van der Waals surface area contributed by atoms with Crippen molar-refractivity contribution >= 4 is 17.7 Å². The van der Waals surface area contributed by atoms with E-state index in [1.165, 1.54) is 11.1 Å². The number of nitrogens with one attached hydrogen (secondary N) is 1. The lowest BCUT2D eigenvalue weighted by atomic mass is 9.93. The molecule has 138 valence electrons. The van der Waals surface area contributed by atoms with Gasteiger partial charge in [-0.2, -0.15) is 0 Å². The predicted octanol–water partition coefficient (Wildman–Crippen LogP) is 6.25. The zero-order chi connectivity index (χ0) is 19.2. The van der Waals surface area contributed by atoms with Crippen LogP contribution < -0.4 is 10.6 Å². The van der Waals surface area contributed by atoms with Crippen molar-refractivity contribution in [1.82, 2.24) is 0 Å². The molecule has 0 aliphatic heterocycles. The highest BCUT2D eigenvalue weighted by atomic mass is 31.2. The van der Waals surface area contributed by atoms with Crippen molar-refractivity contribution in [2.75, 3.05) is 6.16 Å². The van der Waals surface area contributed by atoms with Gasteiger partial charge in [-0.15, -0.1) is 0 Å². The van der Waals surface area contributed by atoms with E-state index in [2.05, 4.69) is 109 Å². The van der Waals surface area contributed by atoms with E-state index in [1.807, 2.05) is 12.1 Å². The molecule has 28 heavy (non-hydrogen) atoms. The Hall–Kier alpha value is -2.89. The van der Waals surface area contributed by atoms with E-state index in [0.717, 1.165) is 16.8 Å². The molecule has 0 fully saturated rings. The Labute approximate surface area is 167 Å². The van der Waals surface area contributed by atoms with Gasteiger partial charge in [0, 0.05) is 19.1 Å². The fraction of sp³-hybridized carbons (Fsp3) is 0.0769. The van der Waals surface area contributed by atoms with Crippen LogP contribution in [0.1, 0.15) is 17.0 Å². The Kier molecular flexibility index (Phi) is 5.55. The fourth-order valence-electron chi connectivity index (χ4n) is 3.77. The Balaban J connectivity index is 1.85. The summed E-state index contributed by atoms with van der Waals surface area (Å²) in [6, 6.07) is 42.1. The Morgan fingerprint density at radius 3 is 1.18 bits per heavy atom. The molecule has 0 spiro atoms. The number of benzene rings is 4. The van der Waals surface area contributed by atoms with Gasteiger partial charge in [0.15, 0.2) is 0 Å². The monoisotopic (exact) mass is 381 g/mol. The van der Waals surface area contributed by atoms with Gasteiger partial charge in [0.2, 0.25) is 0 Å². The summed E-state index contributed by atoms with van der Waals surface area (Å²) in [4.78, 5) is 0. The fourth-order valence-corrected chi connectivity index (χ4v) is 6.82. The lowest BCUT2D eigenvalue weighted by Crippen LogP contribution is -2.21. The molecule has 2 heteroatoms. The van der Waals surface area contributed by atoms with Crippen LogP contribution in [0.25, 0.3) is 0 Å². The summed E-state index contributed by atoms with van der Waals surface area (Å²) in [7, 11) is -2.31. The molecule has 0 aliphatic rings. The molecule has 0 atom stereocenters. The summed E-state index contributed by atoms with van der Waals surface area (Å²) >= 11 is 0. The molecule has 1 N–H and O–H groups in total. The molecular formula is C26H24NP. The maximum absolute atomic E-state index is 9.74. The molecular weight excluding hydrogens is 357 g/mol. The standard InChI is InChI=1S/C26H24NP/c27-28(24-17-9-3-10-18-24,25-19-11-4-12-20-25)21-26(22-13-5-1-6-14-22)23-15-7-2-8-16-23/h1-20,26-27H,21H2. The van der Waals surface area contributed by atoms with Crippen molar-refractivity contribution in [1.29, 1.82) is 5.16 Å². The van der Waals surface area contributed by atoms with Crippen molar-refractivity contribution < 1.29 is 0 Å². The minimum absolute atomic E-state index is 0.189. The van der Waals surface area contributed by atoms with Crippen molar-refractivity contribution in [2.45, 2.75) is 5.92 Å². The minimum Gasteiger partial charge on any atom is -0.309 e. The molecule has 0 amide bonds. The van der Waals surface area contributed by atoms with Crippen molar-refractivity contribution in [3.05, 3.63) is 132 Å². The minimum atomic E-state index is -2.31. The first kappa shape index (κ1) is 18.5.